The quantitative estimate of drug-likeness (QED) is 0.792. The number of carbonyl (C=O) groups excluding carboxylic acids is 1. The maximum absolute atomic E-state index is 11.8. The Balaban J connectivity index is 1.76. The van der Waals surface area contributed by atoms with E-state index in [-0.39, 0.29) is 11.9 Å². The highest BCUT2D eigenvalue weighted by Crippen LogP contribution is 2.22. The van der Waals surface area contributed by atoms with Crippen LogP contribution in [0.25, 0.3) is 11.5 Å². The number of pyridine rings is 1. The first-order valence-corrected chi connectivity index (χ1v) is 6.34. The largest absolute Gasteiger partial charge is 0.403 e. The van der Waals surface area contributed by atoms with Gasteiger partial charge in [-0.1, -0.05) is 5.10 Å². The Morgan fingerprint density at radius 1 is 1.21 bits per heavy atom. The van der Waals surface area contributed by atoms with Crippen molar-refractivity contribution in [2.45, 2.75) is 0 Å². The van der Waals surface area contributed by atoms with E-state index in [9.17, 15) is 4.79 Å². The smallest absolute Gasteiger partial charge is 0.322 e. The Morgan fingerprint density at radius 2 is 2.05 bits per heavy atom. The van der Waals surface area contributed by atoms with Crippen LogP contribution in [0.15, 0.2) is 45.8 Å². The van der Waals surface area contributed by atoms with Crippen LogP contribution in [-0.4, -0.2) is 21.1 Å². The Morgan fingerprint density at radius 3 is 2.79 bits per heavy atom. The molecule has 0 fully saturated rings. The van der Waals surface area contributed by atoms with Crippen LogP contribution in [0.5, 0.6) is 0 Å². The van der Waals surface area contributed by atoms with Crippen molar-refractivity contribution in [1.82, 2.24) is 15.2 Å². The van der Waals surface area contributed by atoms with Crippen molar-refractivity contribution in [1.29, 1.82) is 0 Å². The van der Waals surface area contributed by atoms with E-state index in [4.69, 9.17) is 4.42 Å². The number of nitrogens with one attached hydrogen (secondary N) is 1. The maximum atomic E-state index is 11.8. The topological polar surface area (TPSA) is 80.9 Å². The molecule has 1 N–H and O–H groups in total. The zero-order valence-corrected chi connectivity index (χ0v) is 10.4. The van der Waals surface area contributed by atoms with Crippen LogP contribution < -0.4 is 5.32 Å². The van der Waals surface area contributed by atoms with Gasteiger partial charge in [-0.3, -0.25) is 15.1 Å². The molecule has 3 aromatic rings. The molecule has 3 rings (SSSR count). The summed E-state index contributed by atoms with van der Waals surface area (Å²) in [6.07, 6.45) is 3.08. The Labute approximate surface area is 112 Å². The second-order valence-electron chi connectivity index (χ2n) is 3.61. The van der Waals surface area contributed by atoms with E-state index < -0.39 is 0 Å². The van der Waals surface area contributed by atoms with E-state index in [1.165, 1.54) is 11.3 Å². The van der Waals surface area contributed by atoms with E-state index in [0.29, 0.717) is 11.5 Å². The van der Waals surface area contributed by atoms with Gasteiger partial charge in [0.1, 0.15) is 0 Å². The minimum atomic E-state index is -0.317. The second kappa shape index (κ2) is 4.99. The fraction of sp³-hybridized carbons (Fsp3) is 0. The van der Waals surface area contributed by atoms with E-state index >= 15 is 0 Å². The van der Waals surface area contributed by atoms with Crippen molar-refractivity contribution < 1.29 is 9.21 Å². The Bertz CT molecular complexity index is 679. The van der Waals surface area contributed by atoms with Gasteiger partial charge in [-0.25, -0.2) is 0 Å². The summed E-state index contributed by atoms with van der Waals surface area (Å²) in [4.78, 5) is 15.7. The lowest BCUT2D eigenvalue weighted by Crippen LogP contribution is -2.11. The Hall–Kier alpha value is -2.54. The fourth-order valence-electron chi connectivity index (χ4n) is 1.45. The average Bonchev–Trinajstić information content (AvgIpc) is 3.10. The van der Waals surface area contributed by atoms with Gasteiger partial charge in [0.2, 0.25) is 0 Å². The monoisotopic (exact) mass is 272 g/mol. The number of amides is 1. The van der Waals surface area contributed by atoms with Crippen molar-refractivity contribution in [3.63, 3.8) is 0 Å². The molecule has 7 heteroatoms. The van der Waals surface area contributed by atoms with Crippen LogP contribution in [0.4, 0.5) is 6.01 Å². The van der Waals surface area contributed by atoms with Gasteiger partial charge in [0, 0.05) is 28.9 Å². The van der Waals surface area contributed by atoms with Gasteiger partial charge >= 0.3 is 6.01 Å². The third-order valence-electron chi connectivity index (χ3n) is 2.36. The molecule has 0 bridgehead atoms. The molecule has 0 saturated heterocycles. The normalized spacial score (nSPS) is 10.3. The standard InChI is InChI=1S/C12H8N4O2S/c17-10(8-1-4-13-5-2-8)14-12-16-15-11(18-12)9-3-6-19-7-9/h1-7H,(H,14,16,17). The lowest BCUT2D eigenvalue weighted by molar-refractivity contribution is 0.102. The third-order valence-corrected chi connectivity index (χ3v) is 3.04. The molecule has 0 aliphatic rings. The van der Waals surface area contributed by atoms with Crippen LogP contribution in [0.2, 0.25) is 0 Å². The van der Waals surface area contributed by atoms with Gasteiger partial charge in [0.05, 0.1) is 0 Å². The van der Waals surface area contributed by atoms with Gasteiger partial charge in [0.15, 0.2) is 0 Å². The van der Waals surface area contributed by atoms with Crippen LogP contribution in [0.1, 0.15) is 10.4 Å². The van der Waals surface area contributed by atoms with Crippen molar-refractivity contribution in [2.75, 3.05) is 5.32 Å². The van der Waals surface area contributed by atoms with Crippen molar-refractivity contribution >= 4 is 23.3 Å². The van der Waals surface area contributed by atoms with Crippen molar-refractivity contribution in [3.05, 3.63) is 46.9 Å². The summed E-state index contributed by atoms with van der Waals surface area (Å²) in [5.41, 5.74) is 1.31. The summed E-state index contributed by atoms with van der Waals surface area (Å²) < 4.78 is 5.36. The van der Waals surface area contributed by atoms with E-state index in [0.717, 1.165) is 5.56 Å². The number of thiophene rings is 1. The summed E-state index contributed by atoms with van der Waals surface area (Å²) in [5, 5.41) is 14.0. The molecule has 1 amide bonds. The molecule has 0 radical (unpaired) electrons. The van der Waals surface area contributed by atoms with Gasteiger partial charge in [-0.15, -0.1) is 5.10 Å². The number of aromatic nitrogens is 3. The fourth-order valence-corrected chi connectivity index (χ4v) is 2.08. The van der Waals surface area contributed by atoms with Gasteiger partial charge < -0.3 is 4.42 Å². The minimum Gasteiger partial charge on any atom is -0.403 e. The molecule has 6 nitrogen and oxygen atoms in total. The average molecular weight is 272 g/mol. The molecule has 0 unspecified atom stereocenters. The predicted octanol–water partition coefficient (Wildman–Crippen LogP) is 2.45. The second-order valence-corrected chi connectivity index (χ2v) is 4.39. The molecule has 0 spiro atoms. The molecule has 0 saturated carbocycles. The summed E-state index contributed by atoms with van der Waals surface area (Å²) in [6.45, 7) is 0. The van der Waals surface area contributed by atoms with Gasteiger partial charge in [0.25, 0.3) is 11.8 Å². The molecular formula is C12H8N4O2S. The summed E-state index contributed by atoms with van der Waals surface area (Å²) in [5.74, 6) is 0.0641. The lowest BCUT2D eigenvalue weighted by Gasteiger charge is -1.98. The molecule has 3 heterocycles. The molecule has 0 atom stereocenters. The molecule has 94 valence electrons. The number of rotatable bonds is 3. The highest BCUT2D eigenvalue weighted by Gasteiger charge is 2.12. The molecule has 3 aromatic heterocycles. The maximum Gasteiger partial charge on any atom is 0.322 e. The molecule has 19 heavy (non-hydrogen) atoms. The molecule has 0 aromatic carbocycles. The highest BCUT2D eigenvalue weighted by molar-refractivity contribution is 7.08. The number of hydrogen-bond donors (Lipinski definition) is 1. The van der Waals surface area contributed by atoms with Crippen molar-refractivity contribution in [3.8, 4) is 11.5 Å². The first-order chi connectivity index (χ1) is 9.33. The lowest BCUT2D eigenvalue weighted by atomic mass is 10.2. The number of hydrogen-bond acceptors (Lipinski definition) is 6. The number of carbonyl (C=O) groups is 1. The molecule has 0 aliphatic heterocycles. The highest BCUT2D eigenvalue weighted by atomic mass is 32.1. The summed E-state index contributed by atoms with van der Waals surface area (Å²) in [7, 11) is 0. The summed E-state index contributed by atoms with van der Waals surface area (Å²) in [6, 6.07) is 5.15. The minimum absolute atomic E-state index is 0.0722. The third kappa shape index (κ3) is 2.50. The van der Waals surface area contributed by atoms with Crippen LogP contribution in [0.3, 0.4) is 0 Å². The Kier molecular flexibility index (Phi) is 3.03. The van der Waals surface area contributed by atoms with Crippen LogP contribution in [0, 0.1) is 0 Å². The number of anilines is 1. The SMILES string of the molecule is O=C(Nc1nnc(-c2ccsc2)o1)c1ccncc1. The first kappa shape index (κ1) is 11.5. The summed E-state index contributed by atoms with van der Waals surface area (Å²) >= 11 is 1.53. The predicted molar refractivity (Wildman–Crippen MR) is 69.8 cm³/mol. The van der Waals surface area contributed by atoms with Gasteiger partial charge in [-0.05, 0) is 23.6 Å². The van der Waals surface area contributed by atoms with Crippen LogP contribution in [-0.2, 0) is 0 Å². The molecule has 0 aliphatic carbocycles. The van der Waals surface area contributed by atoms with E-state index in [2.05, 4.69) is 20.5 Å². The first-order valence-electron chi connectivity index (χ1n) is 5.40. The van der Waals surface area contributed by atoms with Gasteiger partial charge in [-0.2, -0.15) is 11.3 Å². The van der Waals surface area contributed by atoms with Crippen LogP contribution >= 0.6 is 11.3 Å². The zero-order chi connectivity index (χ0) is 13.1. The van der Waals surface area contributed by atoms with E-state index in [1.807, 2.05) is 16.8 Å². The van der Waals surface area contributed by atoms with E-state index in [1.54, 1.807) is 24.5 Å². The number of nitrogens with zero attached hydrogens (tertiary/aromatic N) is 3. The molecular weight excluding hydrogens is 264 g/mol. The van der Waals surface area contributed by atoms with Crippen molar-refractivity contribution in [2.24, 2.45) is 0 Å². The zero-order valence-electron chi connectivity index (χ0n) is 9.61.